The van der Waals surface area contributed by atoms with E-state index >= 15 is 0 Å². The molecule has 0 aliphatic carbocycles. The van der Waals surface area contributed by atoms with Crippen molar-refractivity contribution < 1.29 is 14.6 Å². The molecule has 0 bridgehead atoms. The van der Waals surface area contributed by atoms with Gasteiger partial charge in [-0.05, 0) is 55.3 Å². The summed E-state index contributed by atoms with van der Waals surface area (Å²) in [6.45, 7) is 2.20. The molecule has 1 saturated heterocycles. The minimum absolute atomic E-state index is 0.0367. The summed E-state index contributed by atoms with van der Waals surface area (Å²) in [5, 5.41) is 12.0. The lowest BCUT2D eigenvalue weighted by Gasteiger charge is -2.15. The number of rotatable bonds is 6. The Morgan fingerprint density at radius 1 is 1.12 bits per heavy atom. The molecule has 0 spiro atoms. The number of anilines is 1. The zero-order valence-electron chi connectivity index (χ0n) is 13.5. The van der Waals surface area contributed by atoms with Crippen LogP contribution in [0.15, 0.2) is 54.6 Å². The third-order valence-corrected chi connectivity index (χ3v) is 4.11. The van der Waals surface area contributed by atoms with Crippen LogP contribution in [0.25, 0.3) is 0 Å². The van der Waals surface area contributed by atoms with Crippen molar-refractivity contribution in [2.24, 2.45) is 5.92 Å². The van der Waals surface area contributed by atoms with E-state index in [1.54, 1.807) is 0 Å². The fourth-order valence-electron chi connectivity index (χ4n) is 2.84. The SMILES string of the molecule is O=C(CN1CCC(CO)C1)Nc1ccc(Oc2ccccc2)cc1. The van der Waals surface area contributed by atoms with Gasteiger partial charge in [0.25, 0.3) is 0 Å². The molecule has 5 nitrogen and oxygen atoms in total. The molecule has 1 fully saturated rings. The van der Waals surface area contributed by atoms with Crippen molar-refractivity contribution in [2.75, 3.05) is 31.6 Å². The van der Waals surface area contributed by atoms with E-state index in [-0.39, 0.29) is 12.5 Å². The average molecular weight is 326 g/mol. The monoisotopic (exact) mass is 326 g/mol. The minimum Gasteiger partial charge on any atom is -0.457 e. The highest BCUT2D eigenvalue weighted by Crippen LogP contribution is 2.22. The molecular formula is C19H22N2O3. The lowest BCUT2D eigenvalue weighted by atomic mass is 10.1. The van der Waals surface area contributed by atoms with Gasteiger partial charge in [-0.3, -0.25) is 9.69 Å². The van der Waals surface area contributed by atoms with E-state index in [1.165, 1.54) is 0 Å². The fraction of sp³-hybridized carbons (Fsp3) is 0.316. The van der Waals surface area contributed by atoms with Crippen LogP contribution in [0.3, 0.4) is 0 Å². The Kier molecular flexibility index (Phi) is 5.46. The second kappa shape index (κ2) is 7.95. The first kappa shape index (κ1) is 16.5. The number of ether oxygens (including phenoxy) is 1. The molecule has 1 heterocycles. The number of aliphatic hydroxyl groups excluding tert-OH is 1. The Bertz CT molecular complexity index is 658. The van der Waals surface area contributed by atoms with Crippen molar-refractivity contribution in [1.29, 1.82) is 0 Å². The van der Waals surface area contributed by atoms with Crippen molar-refractivity contribution in [2.45, 2.75) is 6.42 Å². The summed E-state index contributed by atoms with van der Waals surface area (Å²) in [5.74, 6) is 1.77. The highest BCUT2D eigenvalue weighted by atomic mass is 16.5. The predicted molar refractivity (Wildman–Crippen MR) is 93.2 cm³/mol. The van der Waals surface area contributed by atoms with Gasteiger partial charge in [-0.2, -0.15) is 0 Å². The quantitative estimate of drug-likeness (QED) is 0.857. The molecule has 1 atom stereocenters. The molecule has 2 N–H and O–H groups in total. The van der Waals surface area contributed by atoms with Gasteiger partial charge in [-0.15, -0.1) is 0 Å². The maximum atomic E-state index is 12.1. The van der Waals surface area contributed by atoms with E-state index in [2.05, 4.69) is 10.2 Å². The summed E-state index contributed by atoms with van der Waals surface area (Å²) in [6.07, 6.45) is 0.954. The second-order valence-corrected chi connectivity index (χ2v) is 6.06. The lowest BCUT2D eigenvalue weighted by molar-refractivity contribution is -0.117. The smallest absolute Gasteiger partial charge is 0.238 e. The van der Waals surface area contributed by atoms with Crippen molar-refractivity contribution in [3.8, 4) is 11.5 Å². The Hall–Kier alpha value is -2.37. The van der Waals surface area contributed by atoms with Crippen LogP contribution in [0.2, 0.25) is 0 Å². The first-order chi connectivity index (χ1) is 11.7. The van der Waals surface area contributed by atoms with E-state index in [1.807, 2.05) is 54.6 Å². The number of nitrogens with zero attached hydrogens (tertiary/aromatic N) is 1. The summed E-state index contributed by atoms with van der Waals surface area (Å²) in [5.41, 5.74) is 0.748. The summed E-state index contributed by atoms with van der Waals surface area (Å²) in [7, 11) is 0. The van der Waals surface area contributed by atoms with Gasteiger partial charge in [0.15, 0.2) is 0 Å². The molecule has 1 aliphatic heterocycles. The van der Waals surface area contributed by atoms with Gasteiger partial charge in [-0.25, -0.2) is 0 Å². The van der Waals surface area contributed by atoms with Gasteiger partial charge in [0.1, 0.15) is 11.5 Å². The maximum absolute atomic E-state index is 12.1. The van der Waals surface area contributed by atoms with E-state index in [9.17, 15) is 4.79 Å². The maximum Gasteiger partial charge on any atom is 0.238 e. The number of aliphatic hydroxyl groups is 1. The molecule has 0 aromatic heterocycles. The number of likely N-dealkylation sites (tertiary alicyclic amines) is 1. The summed E-state index contributed by atoms with van der Waals surface area (Å²) >= 11 is 0. The Morgan fingerprint density at radius 2 is 1.83 bits per heavy atom. The van der Waals surface area contributed by atoms with Crippen molar-refractivity contribution >= 4 is 11.6 Å². The zero-order chi connectivity index (χ0) is 16.8. The van der Waals surface area contributed by atoms with Crippen LogP contribution in [-0.4, -0.2) is 42.2 Å². The number of carbonyl (C=O) groups excluding carboxylic acids is 1. The molecule has 126 valence electrons. The molecule has 2 aromatic carbocycles. The van der Waals surface area contributed by atoms with Crippen LogP contribution in [0.4, 0.5) is 5.69 Å². The van der Waals surface area contributed by atoms with Crippen LogP contribution in [-0.2, 0) is 4.79 Å². The number of amides is 1. The molecular weight excluding hydrogens is 304 g/mol. The number of benzene rings is 2. The highest BCUT2D eigenvalue weighted by Gasteiger charge is 2.23. The molecule has 0 saturated carbocycles. The first-order valence-corrected chi connectivity index (χ1v) is 8.19. The molecule has 5 heteroatoms. The topological polar surface area (TPSA) is 61.8 Å². The minimum atomic E-state index is -0.0367. The first-order valence-electron chi connectivity index (χ1n) is 8.19. The van der Waals surface area contributed by atoms with E-state index in [0.29, 0.717) is 12.5 Å². The summed E-state index contributed by atoms with van der Waals surface area (Å²) in [6, 6.07) is 16.9. The largest absolute Gasteiger partial charge is 0.457 e. The number of hydrogen-bond acceptors (Lipinski definition) is 4. The molecule has 2 aromatic rings. The van der Waals surface area contributed by atoms with Gasteiger partial charge in [-0.1, -0.05) is 18.2 Å². The number of nitrogens with one attached hydrogen (secondary N) is 1. The molecule has 1 aliphatic rings. The predicted octanol–water partition coefficient (Wildman–Crippen LogP) is 2.73. The second-order valence-electron chi connectivity index (χ2n) is 6.06. The van der Waals surface area contributed by atoms with Gasteiger partial charge < -0.3 is 15.2 Å². The molecule has 24 heavy (non-hydrogen) atoms. The van der Waals surface area contributed by atoms with Crippen molar-refractivity contribution in [3.05, 3.63) is 54.6 Å². The molecule has 3 rings (SSSR count). The third kappa shape index (κ3) is 4.57. The number of hydrogen-bond donors (Lipinski definition) is 2. The van der Waals surface area contributed by atoms with E-state index in [4.69, 9.17) is 9.84 Å². The normalized spacial score (nSPS) is 17.6. The third-order valence-electron chi connectivity index (χ3n) is 4.11. The summed E-state index contributed by atoms with van der Waals surface area (Å²) in [4.78, 5) is 14.2. The van der Waals surface area contributed by atoms with E-state index < -0.39 is 0 Å². The standard InChI is InChI=1S/C19H22N2O3/c22-14-15-10-11-21(12-15)13-19(23)20-16-6-8-18(9-7-16)24-17-4-2-1-3-5-17/h1-9,15,22H,10-14H2,(H,20,23). The Balaban J connectivity index is 1.50. The fourth-order valence-corrected chi connectivity index (χ4v) is 2.84. The molecule has 1 unspecified atom stereocenters. The Labute approximate surface area is 141 Å². The van der Waals surface area contributed by atoms with Gasteiger partial charge >= 0.3 is 0 Å². The van der Waals surface area contributed by atoms with Gasteiger partial charge in [0.2, 0.25) is 5.91 Å². The van der Waals surface area contributed by atoms with Crippen molar-refractivity contribution in [3.63, 3.8) is 0 Å². The van der Waals surface area contributed by atoms with Gasteiger partial charge in [0, 0.05) is 18.8 Å². The van der Waals surface area contributed by atoms with Crippen LogP contribution in [0, 0.1) is 5.92 Å². The van der Waals surface area contributed by atoms with Crippen LogP contribution in [0.1, 0.15) is 6.42 Å². The highest BCUT2D eigenvalue weighted by molar-refractivity contribution is 5.92. The average Bonchev–Trinajstić information content (AvgIpc) is 3.05. The van der Waals surface area contributed by atoms with Crippen LogP contribution in [0.5, 0.6) is 11.5 Å². The van der Waals surface area contributed by atoms with Crippen LogP contribution < -0.4 is 10.1 Å². The Morgan fingerprint density at radius 3 is 2.50 bits per heavy atom. The molecule has 1 amide bonds. The zero-order valence-corrected chi connectivity index (χ0v) is 13.5. The van der Waals surface area contributed by atoms with Crippen LogP contribution >= 0.6 is 0 Å². The van der Waals surface area contributed by atoms with E-state index in [0.717, 1.165) is 36.7 Å². The number of para-hydroxylation sites is 1. The molecule has 0 radical (unpaired) electrons. The van der Waals surface area contributed by atoms with Gasteiger partial charge in [0.05, 0.1) is 6.54 Å². The lowest BCUT2D eigenvalue weighted by Crippen LogP contribution is -2.31. The van der Waals surface area contributed by atoms with Crippen molar-refractivity contribution in [1.82, 2.24) is 4.90 Å². The summed E-state index contributed by atoms with van der Waals surface area (Å²) < 4.78 is 5.73. The number of carbonyl (C=O) groups is 1.